The number of Topliss-reactive ketones (excluding diaryl/α,β-unsaturated/α-hetero) is 1. The summed E-state index contributed by atoms with van der Waals surface area (Å²) < 4.78 is 0. The summed E-state index contributed by atoms with van der Waals surface area (Å²) in [4.78, 5) is 12.0. The fraction of sp³-hybridized carbons (Fsp3) is 0.750. The van der Waals surface area contributed by atoms with Crippen molar-refractivity contribution >= 4 is 5.78 Å². The molecule has 0 spiro atoms. The molecule has 1 rings (SSSR count). The number of carbonyl (C=O) groups excluding carboxylic acids is 1. The van der Waals surface area contributed by atoms with Crippen molar-refractivity contribution in [1.82, 2.24) is 0 Å². The Hall–Kier alpha value is -0.590. The first-order chi connectivity index (χ1) is 5.92. The van der Waals surface area contributed by atoms with Crippen molar-refractivity contribution in [2.75, 3.05) is 0 Å². The van der Waals surface area contributed by atoms with Crippen LogP contribution in [0.15, 0.2) is 12.2 Å². The Morgan fingerprint density at radius 3 is 2.31 bits per heavy atom. The fourth-order valence-electron chi connectivity index (χ4n) is 2.11. The van der Waals surface area contributed by atoms with E-state index in [1.807, 2.05) is 0 Å². The lowest BCUT2D eigenvalue weighted by atomic mass is 9.81. The lowest BCUT2D eigenvalue weighted by Crippen LogP contribution is -2.28. The van der Waals surface area contributed by atoms with Gasteiger partial charge in [0.1, 0.15) is 5.78 Å². The SMILES string of the molecule is CCC=CC1(C)CCC(C)(C)C1=O. The topological polar surface area (TPSA) is 17.1 Å². The summed E-state index contributed by atoms with van der Waals surface area (Å²) >= 11 is 0. The summed E-state index contributed by atoms with van der Waals surface area (Å²) in [5, 5.41) is 0. The Bertz CT molecular complexity index is 238. The predicted octanol–water partition coefficient (Wildman–Crippen LogP) is 3.35. The van der Waals surface area contributed by atoms with Crippen LogP contribution in [0.3, 0.4) is 0 Å². The van der Waals surface area contributed by atoms with Gasteiger partial charge in [0.15, 0.2) is 0 Å². The highest BCUT2D eigenvalue weighted by molar-refractivity contribution is 5.93. The van der Waals surface area contributed by atoms with E-state index in [0.29, 0.717) is 5.78 Å². The van der Waals surface area contributed by atoms with Gasteiger partial charge in [0, 0.05) is 10.8 Å². The maximum atomic E-state index is 12.0. The Kier molecular flexibility index (Phi) is 2.65. The second kappa shape index (κ2) is 3.28. The maximum absolute atomic E-state index is 12.0. The van der Waals surface area contributed by atoms with Crippen molar-refractivity contribution in [2.24, 2.45) is 10.8 Å². The summed E-state index contributed by atoms with van der Waals surface area (Å²) in [7, 11) is 0. The van der Waals surface area contributed by atoms with Gasteiger partial charge in [-0.3, -0.25) is 4.79 Å². The van der Waals surface area contributed by atoms with Crippen molar-refractivity contribution in [3.63, 3.8) is 0 Å². The molecular formula is C12H20O. The Morgan fingerprint density at radius 2 is 1.92 bits per heavy atom. The van der Waals surface area contributed by atoms with Gasteiger partial charge in [-0.25, -0.2) is 0 Å². The summed E-state index contributed by atoms with van der Waals surface area (Å²) in [5.41, 5.74) is -0.285. The van der Waals surface area contributed by atoms with Gasteiger partial charge < -0.3 is 0 Å². The summed E-state index contributed by atoms with van der Waals surface area (Å²) in [6.07, 6.45) is 7.26. The molecule has 0 radical (unpaired) electrons. The number of allylic oxidation sites excluding steroid dienone is 2. The molecule has 74 valence electrons. The largest absolute Gasteiger partial charge is 0.298 e. The van der Waals surface area contributed by atoms with E-state index in [1.54, 1.807) is 0 Å². The van der Waals surface area contributed by atoms with Crippen molar-refractivity contribution in [3.05, 3.63) is 12.2 Å². The van der Waals surface area contributed by atoms with Gasteiger partial charge in [-0.1, -0.05) is 32.9 Å². The molecule has 1 unspecified atom stereocenters. The molecule has 0 aliphatic heterocycles. The zero-order valence-electron chi connectivity index (χ0n) is 9.18. The minimum Gasteiger partial charge on any atom is -0.298 e. The molecule has 1 nitrogen and oxygen atoms in total. The standard InChI is InChI=1S/C12H20O/c1-5-6-7-12(4)9-8-11(2,3)10(12)13/h6-7H,5,8-9H2,1-4H3. The highest BCUT2D eigenvalue weighted by Gasteiger charge is 2.46. The van der Waals surface area contributed by atoms with Crippen LogP contribution in [0.4, 0.5) is 0 Å². The summed E-state index contributed by atoms with van der Waals surface area (Å²) in [6, 6.07) is 0. The van der Waals surface area contributed by atoms with E-state index in [2.05, 4.69) is 39.8 Å². The molecule has 0 heterocycles. The van der Waals surface area contributed by atoms with Crippen LogP contribution in [0.2, 0.25) is 0 Å². The molecule has 0 N–H and O–H groups in total. The molecule has 0 amide bonds. The van der Waals surface area contributed by atoms with E-state index >= 15 is 0 Å². The molecule has 0 saturated heterocycles. The van der Waals surface area contributed by atoms with Gasteiger partial charge in [0.2, 0.25) is 0 Å². The lowest BCUT2D eigenvalue weighted by molar-refractivity contribution is -0.129. The second-order valence-electron chi connectivity index (χ2n) is 4.94. The van der Waals surface area contributed by atoms with E-state index in [1.165, 1.54) is 0 Å². The smallest absolute Gasteiger partial charge is 0.148 e. The molecule has 0 bridgehead atoms. The van der Waals surface area contributed by atoms with Crippen LogP contribution in [-0.4, -0.2) is 5.78 Å². The fourth-order valence-corrected chi connectivity index (χ4v) is 2.11. The van der Waals surface area contributed by atoms with Gasteiger partial charge in [0.25, 0.3) is 0 Å². The second-order valence-corrected chi connectivity index (χ2v) is 4.94. The molecule has 1 fully saturated rings. The van der Waals surface area contributed by atoms with Crippen LogP contribution in [-0.2, 0) is 4.79 Å². The predicted molar refractivity (Wildman–Crippen MR) is 55.6 cm³/mol. The first-order valence-corrected chi connectivity index (χ1v) is 5.15. The Morgan fingerprint density at radius 1 is 1.31 bits per heavy atom. The quantitative estimate of drug-likeness (QED) is 0.596. The van der Waals surface area contributed by atoms with E-state index in [0.717, 1.165) is 19.3 Å². The van der Waals surface area contributed by atoms with Gasteiger partial charge in [-0.05, 0) is 26.2 Å². The Balaban J connectivity index is 2.84. The van der Waals surface area contributed by atoms with Gasteiger partial charge in [-0.15, -0.1) is 0 Å². The van der Waals surface area contributed by atoms with Gasteiger partial charge in [0.05, 0.1) is 0 Å². The minimum absolute atomic E-state index is 0.104. The normalized spacial score (nSPS) is 33.1. The molecule has 1 aliphatic carbocycles. The summed E-state index contributed by atoms with van der Waals surface area (Å²) in [5.74, 6) is 0.407. The molecule has 0 aromatic rings. The van der Waals surface area contributed by atoms with Crippen LogP contribution < -0.4 is 0 Å². The molecule has 13 heavy (non-hydrogen) atoms. The zero-order chi connectivity index (χ0) is 10.1. The number of hydrogen-bond donors (Lipinski definition) is 0. The highest BCUT2D eigenvalue weighted by atomic mass is 16.1. The zero-order valence-corrected chi connectivity index (χ0v) is 9.18. The molecule has 1 heteroatoms. The molecule has 1 aliphatic rings. The average molecular weight is 180 g/mol. The van der Waals surface area contributed by atoms with Crippen molar-refractivity contribution in [1.29, 1.82) is 0 Å². The average Bonchev–Trinajstić information content (AvgIpc) is 2.28. The van der Waals surface area contributed by atoms with Crippen LogP contribution >= 0.6 is 0 Å². The number of ketones is 1. The van der Waals surface area contributed by atoms with Crippen LogP contribution in [0.1, 0.15) is 47.0 Å². The van der Waals surface area contributed by atoms with E-state index in [4.69, 9.17) is 0 Å². The van der Waals surface area contributed by atoms with Crippen LogP contribution in [0, 0.1) is 10.8 Å². The maximum Gasteiger partial charge on any atom is 0.148 e. The van der Waals surface area contributed by atoms with E-state index in [-0.39, 0.29) is 10.8 Å². The lowest BCUT2D eigenvalue weighted by Gasteiger charge is -2.21. The summed E-state index contributed by atoms with van der Waals surface area (Å²) in [6.45, 7) is 8.28. The first kappa shape index (κ1) is 10.5. The van der Waals surface area contributed by atoms with Crippen molar-refractivity contribution in [3.8, 4) is 0 Å². The number of carbonyl (C=O) groups is 1. The van der Waals surface area contributed by atoms with Gasteiger partial charge >= 0.3 is 0 Å². The van der Waals surface area contributed by atoms with E-state index < -0.39 is 0 Å². The van der Waals surface area contributed by atoms with Crippen LogP contribution in [0.5, 0.6) is 0 Å². The molecule has 0 aromatic carbocycles. The molecule has 1 atom stereocenters. The van der Waals surface area contributed by atoms with E-state index in [9.17, 15) is 4.79 Å². The third-order valence-electron chi connectivity index (χ3n) is 3.12. The van der Waals surface area contributed by atoms with Crippen LogP contribution in [0.25, 0.3) is 0 Å². The molecule has 0 aromatic heterocycles. The van der Waals surface area contributed by atoms with Crippen molar-refractivity contribution in [2.45, 2.75) is 47.0 Å². The first-order valence-electron chi connectivity index (χ1n) is 5.15. The molecular weight excluding hydrogens is 160 g/mol. The van der Waals surface area contributed by atoms with Crippen molar-refractivity contribution < 1.29 is 4.79 Å². The Labute approximate surface area is 81.2 Å². The number of rotatable bonds is 2. The minimum atomic E-state index is -0.181. The molecule has 1 saturated carbocycles. The third-order valence-corrected chi connectivity index (χ3v) is 3.12. The monoisotopic (exact) mass is 180 g/mol. The van der Waals surface area contributed by atoms with Gasteiger partial charge in [-0.2, -0.15) is 0 Å². The number of hydrogen-bond acceptors (Lipinski definition) is 1. The third kappa shape index (κ3) is 1.84. The highest BCUT2D eigenvalue weighted by Crippen LogP contribution is 2.46.